The lowest BCUT2D eigenvalue weighted by molar-refractivity contribution is 0.380. The smallest absolute Gasteiger partial charge is 0.147 e. The Morgan fingerprint density at radius 2 is 1.86 bits per heavy atom. The van der Waals surface area contributed by atoms with Gasteiger partial charge in [-0.1, -0.05) is 29.8 Å². The molecule has 3 nitrogen and oxygen atoms in total. The van der Waals surface area contributed by atoms with Gasteiger partial charge >= 0.3 is 0 Å². The van der Waals surface area contributed by atoms with E-state index in [1.54, 1.807) is 12.4 Å². The molecule has 1 aromatic carbocycles. The van der Waals surface area contributed by atoms with Gasteiger partial charge in [0.15, 0.2) is 0 Å². The molecule has 0 bridgehead atoms. The molecule has 1 aromatic heterocycles. The zero-order valence-electron chi connectivity index (χ0n) is 12.7. The molecule has 1 aliphatic rings. The van der Waals surface area contributed by atoms with Crippen molar-refractivity contribution in [1.29, 1.82) is 0 Å². The van der Waals surface area contributed by atoms with Crippen LogP contribution in [-0.4, -0.2) is 23.1 Å². The van der Waals surface area contributed by atoms with Crippen molar-refractivity contribution < 1.29 is 0 Å². The second-order valence-corrected chi connectivity index (χ2v) is 6.02. The van der Waals surface area contributed by atoms with Crippen LogP contribution in [0.4, 0.5) is 5.82 Å². The predicted molar refractivity (Wildman–Crippen MR) is 86.5 cm³/mol. The number of piperidine rings is 1. The van der Waals surface area contributed by atoms with Crippen molar-refractivity contribution in [3.63, 3.8) is 0 Å². The fourth-order valence-electron chi connectivity index (χ4n) is 3.03. The monoisotopic (exact) mass is 281 g/mol. The second kappa shape index (κ2) is 6.70. The Hall–Kier alpha value is -1.90. The first-order valence-electron chi connectivity index (χ1n) is 7.88. The Morgan fingerprint density at radius 3 is 2.52 bits per heavy atom. The summed E-state index contributed by atoms with van der Waals surface area (Å²) in [6.45, 7) is 4.36. The summed E-state index contributed by atoms with van der Waals surface area (Å²) in [6.07, 6.45) is 10.4. The number of aryl methyl sites for hydroxylation is 2. The van der Waals surface area contributed by atoms with E-state index in [9.17, 15) is 0 Å². The Balaban J connectivity index is 1.47. The largest absolute Gasteiger partial charge is 0.355 e. The van der Waals surface area contributed by atoms with Gasteiger partial charge in [-0.15, -0.1) is 0 Å². The normalized spacial score (nSPS) is 16.1. The summed E-state index contributed by atoms with van der Waals surface area (Å²) in [7, 11) is 0. The topological polar surface area (TPSA) is 29.0 Å². The molecule has 0 saturated carbocycles. The summed E-state index contributed by atoms with van der Waals surface area (Å²) < 4.78 is 0. The van der Waals surface area contributed by atoms with Gasteiger partial charge in [-0.05, 0) is 44.1 Å². The van der Waals surface area contributed by atoms with Crippen LogP contribution in [0.15, 0.2) is 42.9 Å². The average Bonchev–Trinajstić information content (AvgIpc) is 2.56. The molecular formula is C18H23N3. The fraction of sp³-hybridized carbons (Fsp3) is 0.444. The van der Waals surface area contributed by atoms with Crippen LogP contribution in [0, 0.1) is 12.8 Å². The molecule has 1 fully saturated rings. The molecule has 3 rings (SSSR count). The van der Waals surface area contributed by atoms with E-state index in [0.29, 0.717) is 0 Å². The third-order valence-corrected chi connectivity index (χ3v) is 4.45. The van der Waals surface area contributed by atoms with Crippen LogP contribution in [0.3, 0.4) is 0 Å². The Labute approximate surface area is 127 Å². The fourth-order valence-corrected chi connectivity index (χ4v) is 3.03. The standard InChI is InChI=1S/C18H23N3/c1-15-2-4-16(5-3-15)6-7-17-8-12-21(13-9-17)18-14-19-10-11-20-18/h2-5,10-11,14,17H,6-9,12-13H2,1H3. The molecule has 2 heterocycles. The van der Waals surface area contributed by atoms with Crippen molar-refractivity contribution >= 4 is 5.82 Å². The van der Waals surface area contributed by atoms with E-state index in [1.807, 2.05) is 6.20 Å². The van der Waals surface area contributed by atoms with Crippen LogP contribution in [0.25, 0.3) is 0 Å². The maximum Gasteiger partial charge on any atom is 0.147 e. The van der Waals surface area contributed by atoms with Crippen molar-refractivity contribution in [2.24, 2.45) is 5.92 Å². The molecular weight excluding hydrogens is 258 g/mol. The lowest BCUT2D eigenvalue weighted by Gasteiger charge is -2.32. The summed E-state index contributed by atoms with van der Waals surface area (Å²) in [4.78, 5) is 10.9. The predicted octanol–water partition coefficient (Wildman–Crippen LogP) is 3.63. The van der Waals surface area contributed by atoms with Crippen molar-refractivity contribution in [2.75, 3.05) is 18.0 Å². The number of hydrogen-bond acceptors (Lipinski definition) is 3. The number of benzene rings is 1. The van der Waals surface area contributed by atoms with Crippen molar-refractivity contribution in [2.45, 2.75) is 32.6 Å². The molecule has 0 N–H and O–H groups in total. The summed E-state index contributed by atoms with van der Waals surface area (Å²) in [5.74, 6) is 1.87. The molecule has 0 spiro atoms. The molecule has 0 radical (unpaired) electrons. The van der Waals surface area contributed by atoms with Crippen LogP contribution >= 0.6 is 0 Å². The van der Waals surface area contributed by atoms with E-state index in [-0.39, 0.29) is 0 Å². The molecule has 2 aromatic rings. The van der Waals surface area contributed by atoms with Gasteiger partial charge in [0.25, 0.3) is 0 Å². The average molecular weight is 281 g/mol. The first-order valence-corrected chi connectivity index (χ1v) is 7.88. The van der Waals surface area contributed by atoms with Crippen molar-refractivity contribution in [1.82, 2.24) is 9.97 Å². The van der Waals surface area contributed by atoms with Crippen LogP contribution < -0.4 is 4.90 Å². The number of rotatable bonds is 4. The summed E-state index contributed by atoms with van der Waals surface area (Å²) in [6, 6.07) is 8.96. The number of nitrogens with zero attached hydrogens (tertiary/aromatic N) is 3. The van der Waals surface area contributed by atoms with E-state index in [0.717, 1.165) is 24.8 Å². The summed E-state index contributed by atoms with van der Waals surface area (Å²) in [5.41, 5.74) is 2.81. The molecule has 0 unspecified atom stereocenters. The minimum atomic E-state index is 0.847. The zero-order valence-corrected chi connectivity index (χ0v) is 12.7. The van der Waals surface area contributed by atoms with Gasteiger partial charge in [0.1, 0.15) is 5.82 Å². The molecule has 0 aliphatic carbocycles. The van der Waals surface area contributed by atoms with Crippen molar-refractivity contribution in [3.05, 3.63) is 54.0 Å². The molecule has 1 aliphatic heterocycles. The third-order valence-electron chi connectivity index (χ3n) is 4.45. The molecule has 1 saturated heterocycles. The van der Waals surface area contributed by atoms with Gasteiger partial charge in [-0.2, -0.15) is 0 Å². The van der Waals surface area contributed by atoms with Crippen LogP contribution in [-0.2, 0) is 6.42 Å². The number of hydrogen-bond donors (Lipinski definition) is 0. The van der Waals surface area contributed by atoms with Gasteiger partial charge in [0.2, 0.25) is 0 Å². The molecule has 3 heteroatoms. The van der Waals surface area contributed by atoms with E-state index in [4.69, 9.17) is 0 Å². The highest BCUT2D eigenvalue weighted by Crippen LogP contribution is 2.24. The number of anilines is 1. The van der Waals surface area contributed by atoms with E-state index >= 15 is 0 Å². The third kappa shape index (κ3) is 3.81. The maximum atomic E-state index is 4.39. The minimum absolute atomic E-state index is 0.847. The van der Waals surface area contributed by atoms with Gasteiger partial charge < -0.3 is 4.90 Å². The first kappa shape index (κ1) is 14.1. The maximum absolute atomic E-state index is 4.39. The minimum Gasteiger partial charge on any atom is -0.355 e. The highest BCUT2D eigenvalue weighted by Gasteiger charge is 2.19. The molecule has 0 amide bonds. The highest BCUT2D eigenvalue weighted by molar-refractivity contribution is 5.35. The Bertz CT molecular complexity index is 542. The van der Waals surface area contributed by atoms with Crippen LogP contribution in [0.1, 0.15) is 30.4 Å². The van der Waals surface area contributed by atoms with Crippen molar-refractivity contribution in [3.8, 4) is 0 Å². The first-order chi connectivity index (χ1) is 10.3. The summed E-state index contributed by atoms with van der Waals surface area (Å²) in [5, 5.41) is 0. The van der Waals surface area contributed by atoms with E-state index < -0.39 is 0 Å². The Kier molecular flexibility index (Phi) is 4.49. The molecule has 21 heavy (non-hydrogen) atoms. The van der Waals surface area contributed by atoms with Gasteiger partial charge in [0.05, 0.1) is 6.20 Å². The van der Waals surface area contributed by atoms with Crippen LogP contribution in [0.5, 0.6) is 0 Å². The van der Waals surface area contributed by atoms with Crippen LogP contribution in [0.2, 0.25) is 0 Å². The number of aromatic nitrogens is 2. The van der Waals surface area contributed by atoms with Gasteiger partial charge in [-0.25, -0.2) is 4.98 Å². The lowest BCUT2D eigenvalue weighted by Crippen LogP contribution is -2.34. The Morgan fingerprint density at radius 1 is 1.10 bits per heavy atom. The van der Waals surface area contributed by atoms with Gasteiger partial charge in [0, 0.05) is 25.5 Å². The van der Waals surface area contributed by atoms with E-state index in [1.165, 1.54) is 36.8 Å². The SMILES string of the molecule is Cc1ccc(CCC2CCN(c3cnccn3)CC2)cc1. The zero-order chi connectivity index (χ0) is 14.5. The molecule has 110 valence electrons. The lowest BCUT2D eigenvalue weighted by atomic mass is 9.90. The molecule has 0 atom stereocenters. The van der Waals surface area contributed by atoms with Gasteiger partial charge in [-0.3, -0.25) is 4.98 Å². The highest BCUT2D eigenvalue weighted by atomic mass is 15.2. The van der Waals surface area contributed by atoms with E-state index in [2.05, 4.69) is 46.1 Å². The quantitative estimate of drug-likeness (QED) is 0.857. The summed E-state index contributed by atoms with van der Waals surface area (Å²) >= 11 is 0. The second-order valence-electron chi connectivity index (χ2n) is 6.02.